The summed E-state index contributed by atoms with van der Waals surface area (Å²) in [5.74, 6) is -2.16. The largest absolute Gasteiger partial charge is 0.480 e. The van der Waals surface area contributed by atoms with Gasteiger partial charge in [-0.1, -0.05) is 18.2 Å². The molecule has 0 aliphatic carbocycles. The fourth-order valence-corrected chi connectivity index (χ4v) is 4.83. The molecular weight excluding hydrogens is 426 g/mol. The first-order chi connectivity index (χ1) is 15.9. The summed E-state index contributed by atoms with van der Waals surface area (Å²) < 4.78 is 0. The number of carboxylic acid groups (broad SMARTS) is 1. The number of carboxylic acids is 1. The number of nitrogens with one attached hydrogen (secondary N) is 2. The number of para-hydroxylation sites is 1. The topological polar surface area (TPSA) is 149 Å². The van der Waals surface area contributed by atoms with Crippen molar-refractivity contribution in [1.82, 2.24) is 20.1 Å². The molecule has 10 nitrogen and oxygen atoms in total. The van der Waals surface area contributed by atoms with Crippen molar-refractivity contribution >= 4 is 34.6 Å². The summed E-state index contributed by atoms with van der Waals surface area (Å²) in [6, 6.07) is 5.38. The highest BCUT2D eigenvalue weighted by Gasteiger charge is 2.42. The molecule has 0 bridgehead atoms. The molecule has 2 fully saturated rings. The number of nitrogens with zero attached hydrogens (tertiary/aromatic N) is 2. The first-order valence-electron chi connectivity index (χ1n) is 11.3. The van der Waals surface area contributed by atoms with Gasteiger partial charge in [0.1, 0.15) is 12.1 Å². The predicted molar refractivity (Wildman–Crippen MR) is 120 cm³/mol. The van der Waals surface area contributed by atoms with Crippen molar-refractivity contribution in [3.05, 3.63) is 36.0 Å². The number of hydrogen-bond donors (Lipinski definition) is 4. The second kappa shape index (κ2) is 9.62. The zero-order valence-corrected chi connectivity index (χ0v) is 18.3. The standard InChI is InChI=1S/C23H29N5O5/c24-16(11-14-12-25-17-6-2-1-5-15(14)17)21(30)26-13-20(29)27-9-3-7-18(27)22(31)28-10-4-8-19(28)23(32)33/h1-2,5-6,12,16,18-19,25H,3-4,7-11,13,24H2,(H,26,30)(H,32,33). The number of likely N-dealkylation sites (tertiary alicyclic amines) is 2. The summed E-state index contributed by atoms with van der Waals surface area (Å²) in [7, 11) is 0. The molecule has 0 radical (unpaired) electrons. The lowest BCUT2D eigenvalue weighted by molar-refractivity contribution is -0.151. The van der Waals surface area contributed by atoms with Gasteiger partial charge in [-0.3, -0.25) is 14.4 Å². The van der Waals surface area contributed by atoms with E-state index in [2.05, 4.69) is 10.3 Å². The maximum Gasteiger partial charge on any atom is 0.326 e. The number of carbonyl (C=O) groups excluding carboxylic acids is 3. The van der Waals surface area contributed by atoms with E-state index >= 15 is 0 Å². The fraction of sp³-hybridized carbons (Fsp3) is 0.478. The van der Waals surface area contributed by atoms with Gasteiger partial charge < -0.3 is 30.9 Å². The third-order valence-corrected chi connectivity index (χ3v) is 6.54. The van der Waals surface area contributed by atoms with E-state index in [1.807, 2.05) is 30.5 Å². The molecule has 176 valence electrons. The van der Waals surface area contributed by atoms with Gasteiger partial charge in [-0.2, -0.15) is 0 Å². The van der Waals surface area contributed by atoms with Crippen LogP contribution in [0.3, 0.4) is 0 Å². The second-order valence-corrected chi connectivity index (χ2v) is 8.66. The molecule has 1 aromatic heterocycles. The molecule has 3 unspecified atom stereocenters. The summed E-state index contributed by atoms with van der Waals surface area (Å²) in [6.07, 6.45) is 4.34. The van der Waals surface area contributed by atoms with Gasteiger partial charge in [0.05, 0.1) is 12.6 Å². The SMILES string of the molecule is NC(Cc1c[nH]c2ccccc12)C(=O)NCC(=O)N1CCCC1C(=O)N1CCCC1C(=O)O. The average Bonchev–Trinajstić information content (AvgIpc) is 3.56. The number of aromatic amines is 1. The highest BCUT2D eigenvalue weighted by atomic mass is 16.4. The number of benzene rings is 1. The number of amides is 3. The van der Waals surface area contributed by atoms with E-state index in [0.29, 0.717) is 45.2 Å². The highest BCUT2D eigenvalue weighted by Crippen LogP contribution is 2.25. The van der Waals surface area contributed by atoms with Crippen LogP contribution < -0.4 is 11.1 Å². The number of nitrogens with two attached hydrogens (primary N) is 1. The van der Waals surface area contributed by atoms with E-state index in [1.54, 1.807) is 0 Å². The van der Waals surface area contributed by atoms with Crippen molar-refractivity contribution in [2.75, 3.05) is 19.6 Å². The van der Waals surface area contributed by atoms with Gasteiger partial charge in [-0.15, -0.1) is 0 Å². The first kappa shape index (κ1) is 22.8. The van der Waals surface area contributed by atoms with E-state index in [1.165, 1.54) is 9.80 Å². The van der Waals surface area contributed by atoms with Gasteiger partial charge in [-0.05, 0) is 43.7 Å². The number of rotatable bonds is 7. The Morgan fingerprint density at radius 3 is 2.55 bits per heavy atom. The lowest BCUT2D eigenvalue weighted by Crippen LogP contribution is -2.53. The minimum Gasteiger partial charge on any atom is -0.480 e. The molecule has 2 aromatic rings. The zero-order valence-electron chi connectivity index (χ0n) is 18.3. The second-order valence-electron chi connectivity index (χ2n) is 8.66. The minimum absolute atomic E-state index is 0.257. The van der Waals surface area contributed by atoms with Crippen molar-refractivity contribution in [2.45, 2.75) is 50.2 Å². The van der Waals surface area contributed by atoms with Crippen molar-refractivity contribution in [1.29, 1.82) is 0 Å². The Balaban J connectivity index is 1.32. The lowest BCUT2D eigenvalue weighted by atomic mass is 10.1. The number of hydrogen-bond acceptors (Lipinski definition) is 5. The van der Waals surface area contributed by atoms with Crippen LogP contribution in [0.4, 0.5) is 0 Å². The van der Waals surface area contributed by atoms with Gasteiger partial charge in [0.2, 0.25) is 17.7 Å². The summed E-state index contributed by atoms with van der Waals surface area (Å²) >= 11 is 0. The van der Waals surface area contributed by atoms with Gasteiger partial charge in [-0.25, -0.2) is 4.79 Å². The molecule has 3 heterocycles. The molecule has 33 heavy (non-hydrogen) atoms. The molecule has 3 atom stereocenters. The Morgan fingerprint density at radius 2 is 1.79 bits per heavy atom. The van der Waals surface area contributed by atoms with Crippen LogP contribution in [0.2, 0.25) is 0 Å². The predicted octanol–water partition coefficient (Wildman–Crippen LogP) is 0.221. The monoisotopic (exact) mass is 455 g/mol. The number of fused-ring (bicyclic) bond motifs is 1. The van der Waals surface area contributed by atoms with Crippen LogP contribution in [0.25, 0.3) is 10.9 Å². The maximum absolute atomic E-state index is 13.0. The van der Waals surface area contributed by atoms with Crippen LogP contribution in [-0.2, 0) is 25.6 Å². The van der Waals surface area contributed by atoms with Gasteiger partial charge in [0, 0.05) is 30.2 Å². The molecule has 4 rings (SSSR count). The van der Waals surface area contributed by atoms with Crippen LogP contribution >= 0.6 is 0 Å². The smallest absolute Gasteiger partial charge is 0.326 e. The lowest BCUT2D eigenvalue weighted by Gasteiger charge is -2.30. The van der Waals surface area contributed by atoms with E-state index in [9.17, 15) is 24.3 Å². The number of H-pyrrole nitrogens is 1. The number of aliphatic carboxylic acids is 1. The maximum atomic E-state index is 13.0. The third-order valence-electron chi connectivity index (χ3n) is 6.54. The van der Waals surface area contributed by atoms with Crippen LogP contribution in [0.5, 0.6) is 0 Å². The number of carbonyl (C=O) groups is 4. The summed E-state index contributed by atoms with van der Waals surface area (Å²) in [4.78, 5) is 55.7. The Morgan fingerprint density at radius 1 is 1.09 bits per heavy atom. The number of aromatic nitrogens is 1. The fourth-order valence-electron chi connectivity index (χ4n) is 4.83. The quantitative estimate of drug-likeness (QED) is 0.469. The summed E-state index contributed by atoms with van der Waals surface area (Å²) in [5, 5.41) is 13.0. The Labute approximate surface area is 191 Å². The molecule has 10 heteroatoms. The molecule has 0 spiro atoms. The summed E-state index contributed by atoms with van der Waals surface area (Å²) in [5.41, 5.74) is 7.95. The van der Waals surface area contributed by atoms with Crippen molar-refractivity contribution in [3.63, 3.8) is 0 Å². The van der Waals surface area contributed by atoms with E-state index in [4.69, 9.17) is 5.73 Å². The van der Waals surface area contributed by atoms with Gasteiger partial charge >= 0.3 is 5.97 Å². The van der Waals surface area contributed by atoms with Crippen molar-refractivity contribution < 1.29 is 24.3 Å². The first-order valence-corrected chi connectivity index (χ1v) is 11.3. The normalized spacial score (nSPS) is 21.4. The molecule has 2 aliphatic rings. The summed E-state index contributed by atoms with van der Waals surface area (Å²) in [6.45, 7) is 0.526. The minimum atomic E-state index is -1.02. The third kappa shape index (κ3) is 4.70. The van der Waals surface area contributed by atoms with Gasteiger partial charge in [0.15, 0.2) is 0 Å². The molecule has 0 saturated carbocycles. The Bertz CT molecular complexity index is 1070. The van der Waals surface area contributed by atoms with Crippen molar-refractivity contribution in [2.24, 2.45) is 5.73 Å². The zero-order chi connectivity index (χ0) is 23.5. The molecule has 2 aliphatic heterocycles. The van der Waals surface area contributed by atoms with E-state index < -0.39 is 30.0 Å². The average molecular weight is 456 g/mol. The highest BCUT2D eigenvalue weighted by molar-refractivity contribution is 5.93. The van der Waals surface area contributed by atoms with E-state index in [-0.39, 0.29) is 18.4 Å². The molecule has 2 saturated heterocycles. The van der Waals surface area contributed by atoms with Crippen molar-refractivity contribution in [3.8, 4) is 0 Å². The van der Waals surface area contributed by atoms with Gasteiger partial charge in [0.25, 0.3) is 0 Å². The molecule has 1 aromatic carbocycles. The molecule has 5 N–H and O–H groups in total. The van der Waals surface area contributed by atoms with Crippen LogP contribution in [0.15, 0.2) is 30.5 Å². The van der Waals surface area contributed by atoms with Crippen LogP contribution in [0, 0.1) is 0 Å². The van der Waals surface area contributed by atoms with Crippen LogP contribution in [0.1, 0.15) is 31.2 Å². The van der Waals surface area contributed by atoms with E-state index in [0.717, 1.165) is 16.5 Å². The Hall–Kier alpha value is -3.40. The molecular formula is C23H29N5O5. The molecule has 3 amide bonds. The van der Waals surface area contributed by atoms with Crippen LogP contribution in [-0.4, -0.2) is 81.3 Å². The Kier molecular flexibility index (Phi) is 6.64.